The highest BCUT2D eigenvalue weighted by Crippen LogP contribution is 2.28. The van der Waals surface area contributed by atoms with Crippen LogP contribution in [0.1, 0.15) is 28.8 Å². The lowest BCUT2D eigenvalue weighted by Gasteiger charge is -2.21. The second-order valence-corrected chi connectivity index (χ2v) is 11.0. The Bertz CT molecular complexity index is 1620. The van der Waals surface area contributed by atoms with Crippen LogP contribution in [0.15, 0.2) is 73.1 Å². The molecule has 0 spiro atoms. The molecule has 0 aliphatic carbocycles. The van der Waals surface area contributed by atoms with Crippen LogP contribution in [0.25, 0.3) is 33.3 Å². The summed E-state index contributed by atoms with van der Waals surface area (Å²) in [5.74, 6) is 3.56. The number of hydrazine groups is 1. The van der Waals surface area contributed by atoms with Crippen molar-refractivity contribution < 1.29 is 23.1 Å². The first-order valence-electron chi connectivity index (χ1n) is 11.9. The summed E-state index contributed by atoms with van der Waals surface area (Å²) in [6, 6.07) is 17.2. The number of amides is 1. The molecule has 4 aromatic rings. The van der Waals surface area contributed by atoms with Gasteiger partial charge in [-0.05, 0) is 41.7 Å². The number of fused-ring (bicyclic) bond motifs is 1. The number of sulfonamides is 1. The number of nitrogen functional groups attached to an aromatic ring is 1. The molecule has 0 saturated carbocycles. The number of hydrogen-bond donors (Lipinski definition) is 3. The van der Waals surface area contributed by atoms with Crippen molar-refractivity contribution in [2.45, 2.75) is 24.6 Å². The van der Waals surface area contributed by atoms with Crippen molar-refractivity contribution in [3.8, 4) is 22.4 Å². The predicted octanol–water partition coefficient (Wildman–Crippen LogP) is 2.95. The maximum atomic E-state index is 12.8. The highest BCUT2D eigenvalue weighted by atomic mass is 32.2. The third kappa shape index (κ3) is 4.99. The molecule has 1 aliphatic rings. The average Bonchev–Trinajstić information content (AvgIpc) is 3.44. The number of aromatic nitrogens is 2. The zero-order valence-corrected chi connectivity index (χ0v) is 21.1. The molecule has 1 fully saturated rings. The number of aliphatic carboxylic acids is 1. The van der Waals surface area contributed by atoms with Crippen LogP contribution in [0.3, 0.4) is 0 Å². The highest BCUT2D eigenvalue weighted by molar-refractivity contribution is 7.88. The summed E-state index contributed by atoms with van der Waals surface area (Å²) in [5, 5.41) is 9.93. The van der Waals surface area contributed by atoms with Gasteiger partial charge in [0, 0.05) is 29.9 Å². The van der Waals surface area contributed by atoms with E-state index in [9.17, 15) is 23.1 Å². The summed E-state index contributed by atoms with van der Waals surface area (Å²) in [7, 11) is -3.74. The molecule has 2 aromatic heterocycles. The number of nitrogens with zero attached hydrogens (tertiary/aromatic N) is 3. The molecule has 0 unspecified atom stereocenters. The molecule has 1 atom stereocenters. The Morgan fingerprint density at radius 2 is 1.68 bits per heavy atom. The van der Waals surface area contributed by atoms with E-state index in [2.05, 4.69) is 15.4 Å². The van der Waals surface area contributed by atoms with Gasteiger partial charge >= 0.3 is 5.97 Å². The zero-order chi connectivity index (χ0) is 26.9. The van der Waals surface area contributed by atoms with E-state index < -0.39 is 27.9 Å². The second-order valence-electron chi connectivity index (χ2n) is 9.06. The molecule has 194 valence electrons. The quantitative estimate of drug-likeness (QED) is 0.187. The first-order valence-corrected chi connectivity index (χ1v) is 13.6. The lowest BCUT2D eigenvalue weighted by Crippen LogP contribution is -2.40. The van der Waals surface area contributed by atoms with Crippen molar-refractivity contribution in [2.75, 3.05) is 6.54 Å². The van der Waals surface area contributed by atoms with Crippen molar-refractivity contribution in [1.82, 2.24) is 19.7 Å². The Hall–Kier alpha value is -4.19. The summed E-state index contributed by atoms with van der Waals surface area (Å²) in [4.78, 5) is 32.5. The summed E-state index contributed by atoms with van der Waals surface area (Å²) in [5.41, 5.74) is 6.96. The standard InChI is InChI=1S/C27H25N5O5S/c28-31-26(33)21-14-24(30-23-11-12-29-15-22(21)23)20-9-7-19(8-10-20)18-5-3-17(4-6-18)16-38(36,37)32-13-1-2-25(32)27(34)35/h3-12,14-15,25H,1-2,13,16,28H2,(H,31,33)(H,34,35)/t25-/m1/s1. The lowest BCUT2D eigenvalue weighted by atomic mass is 10.0. The smallest absolute Gasteiger partial charge is 0.322 e. The molecule has 2 aromatic carbocycles. The Kier molecular flexibility index (Phi) is 6.89. The Morgan fingerprint density at radius 3 is 2.34 bits per heavy atom. The fourth-order valence-electron chi connectivity index (χ4n) is 4.72. The molecule has 10 nitrogen and oxygen atoms in total. The number of carbonyl (C=O) groups is 2. The minimum absolute atomic E-state index is 0.227. The predicted molar refractivity (Wildman–Crippen MR) is 142 cm³/mol. The molecule has 0 bridgehead atoms. The van der Waals surface area contributed by atoms with Gasteiger partial charge in [-0.1, -0.05) is 48.5 Å². The number of benzene rings is 2. The number of carboxylic acids is 1. The van der Waals surface area contributed by atoms with E-state index in [-0.39, 0.29) is 12.3 Å². The summed E-state index contributed by atoms with van der Waals surface area (Å²) < 4.78 is 26.8. The van der Waals surface area contributed by atoms with Crippen LogP contribution in [-0.2, 0) is 20.6 Å². The second kappa shape index (κ2) is 10.3. The number of rotatable bonds is 7. The van der Waals surface area contributed by atoms with Crippen LogP contribution in [0.5, 0.6) is 0 Å². The Labute approximate surface area is 219 Å². The minimum Gasteiger partial charge on any atom is -0.480 e. The zero-order valence-electron chi connectivity index (χ0n) is 20.2. The Morgan fingerprint density at radius 1 is 1.03 bits per heavy atom. The van der Waals surface area contributed by atoms with Gasteiger partial charge in [0.2, 0.25) is 10.0 Å². The van der Waals surface area contributed by atoms with Gasteiger partial charge in [0.05, 0.1) is 22.5 Å². The van der Waals surface area contributed by atoms with Crippen LogP contribution < -0.4 is 11.3 Å². The van der Waals surface area contributed by atoms with E-state index in [1.165, 1.54) is 0 Å². The maximum absolute atomic E-state index is 12.8. The molecule has 38 heavy (non-hydrogen) atoms. The van der Waals surface area contributed by atoms with E-state index in [0.717, 1.165) is 21.0 Å². The van der Waals surface area contributed by atoms with Gasteiger partial charge in [0.15, 0.2) is 0 Å². The van der Waals surface area contributed by atoms with Crippen molar-refractivity contribution in [3.05, 3.63) is 84.2 Å². The largest absolute Gasteiger partial charge is 0.480 e. The molecule has 3 heterocycles. The van der Waals surface area contributed by atoms with Gasteiger partial charge in [-0.25, -0.2) is 19.2 Å². The van der Waals surface area contributed by atoms with Crippen LogP contribution in [-0.4, -0.2) is 52.3 Å². The van der Waals surface area contributed by atoms with Gasteiger partial charge in [-0.15, -0.1) is 0 Å². The number of nitrogens with two attached hydrogens (primary N) is 1. The van der Waals surface area contributed by atoms with Crippen LogP contribution in [0, 0.1) is 0 Å². The van der Waals surface area contributed by atoms with Crippen LogP contribution in [0.2, 0.25) is 0 Å². The van der Waals surface area contributed by atoms with E-state index in [4.69, 9.17) is 5.84 Å². The number of nitrogens with one attached hydrogen (secondary N) is 1. The van der Waals surface area contributed by atoms with Gasteiger partial charge in [-0.2, -0.15) is 4.31 Å². The van der Waals surface area contributed by atoms with E-state index >= 15 is 0 Å². The molecular formula is C27H25N5O5S. The van der Waals surface area contributed by atoms with Crippen LogP contribution >= 0.6 is 0 Å². The van der Waals surface area contributed by atoms with Crippen molar-refractivity contribution >= 4 is 32.8 Å². The van der Waals surface area contributed by atoms with E-state index in [1.54, 1.807) is 36.7 Å². The number of pyridine rings is 2. The highest BCUT2D eigenvalue weighted by Gasteiger charge is 2.38. The van der Waals surface area contributed by atoms with Crippen molar-refractivity contribution in [3.63, 3.8) is 0 Å². The van der Waals surface area contributed by atoms with Gasteiger partial charge in [-0.3, -0.25) is 20.0 Å². The van der Waals surface area contributed by atoms with Crippen LogP contribution in [0.4, 0.5) is 0 Å². The van der Waals surface area contributed by atoms with Crippen molar-refractivity contribution in [2.24, 2.45) is 5.84 Å². The van der Waals surface area contributed by atoms with Gasteiger partial charge in [0.1, 0.15) is 6.04 Å². The monoisotopic (exact) mass is 531 g/mol. The minimum atomic E-state index is -3.74. The van der Waals surface area contributed by atoms with Crippen molar-refractivity contribution in [1.29, 1.82) is 0 Å². The molecular weight excluding hydrogens is 506 g/mol. The number of carbonyl (C=O) groups excluding carboxylic acids is 1. The topological polar surface area (TPSA) is 156 Å². The first-order chi connectivity index (χ1) is 18.3. The molecule has 1 aliphatic heterocycles. The van der Waals surface area contributed by atoms with Gasteiger partial charge < -0.3 is 5.11 Å². The summed E-state index contributed by atoms with van der Waals surface area (Å²) in [6.45, 7) is 0.227. The lowest BCUT2D eigenvalue weighted by molar-refractivity contribution is -0.140. The molecule has 11 heteroatoms. The summed E-state index contributed by atoms with van der Waals surface area (Å²) in [6.07, 6.45) is 4.05. The number of carboxylic acid groups (broad SMARTS) is 1. The third-order valence-electron chi connectivity index (χ3n) is 6.65. The third-order valence-corrected chi connectivity index (χ3v) is 8.50. The normalized spacial score (nSPS) is 16.0. The maximum Gasteiger partial charge on any atom is 0.322 e. The molecule has 1 amide bonds. The molecule has 1 saturated heterocycles. The van der Waals surface area contributed by atoms with Gasteiger partial charge in [0.25, 0.3) is 5.91 Å². The average molecular weight is 532 g/mol. The molecule has 0 radical (unpaired) electrons. The number of hydrogen-bond acceptors (Lipinski definition) is 7. The fraction of sp³-hybridized carbons (Fsp3) is 0.185. The van der Waals surface area contributed by atoms with E-state index in [0.29, 0.717) is 40.6 Å². The molecule has 4 N–H and O–H groups in total. The Balaban J connectivity index is 1.36. The van der Waals surface area contributed by atoms with E-state index in [1.807, 2.05) is 36.4 Å². The first kappa shape index (κ1) is 25.5. The SMILES string of the molecule is NNC(=O)c1cc(-c2ccc(-c3ccc(CS(=O)(=O)N4CCC[C@@H]4C(=O)O)cc3)cc2)nc2ccncc12. The molecule has 5 rings (SSSR count). The fourth-order valence-corrected chi connectivity index (χ4v) is 6.49. The summed E-state index contributed by atoms with van der Waals surface area (Å²) >= 11 is 0.